The zero-order valence-electron chi connectivity index (χ0n) is 20.6. The molecule has 0 aliphatic rings. The van der Waals surface area contributed by atoms with Gasteiger partial charge in [0.2, 0.25) is 0 Å². The van der Waals surface area contributed by atoms with Crippen LogP contribution in [0.25, 0.3) is 33.8 Å². The van der Waals surface area contributed by atoms with E-state index in [1.54, 1.807) is 24.4 Å². The van der Waals surface area contributed by atoms with E-state index in [0.29, 0.717) is 0 Å². The Morgan fingerprint density at radius 2 is 0.737 bits per heavy atom. The Labute approximate surface area is 237 Å². The summed E-state index contributed by atoms with van der Waals surface area (Å²) in [6.45, 7) is 0. The Bertz CT molecular complexity index is 1300. The fraction of sp³-hybridized carbons (Fsp3) is 0. The summed E-state index contributed by atoms with van der Waals surface area (Å²) >= 11 is 0. The molecule has 38 heavy (non-hydrogen) atoms. The number of phenols is 1. The summed E-state index contributed by atoms with van der Waals surface area (Å²) in [5.41, 5.74) is 6.19. The monoisotopic (exact) mass is 674 g/mol. The molecule has 0 aliphatic heterocycles. The number of aromatic hydroxyl groups is 1. The zero-order valence-corrected chi connectivity index (χ0v) is 23.0. The van der Waals surface area contributed by atoms with Crippen molar-refractivity contribution >= 4 is 0 Å². The smallest absolute Gasteiger partial charge is 0.508 e. The van der Waals surface area contributed by atoms with E-state index in [-0.39, 0.29) is 25.9 Å². The normalized spacial score (nSPS) is 9.47. The Morgan fingerprint density at radius 3 is 1.11 bits per heavy atom. The van der Waals surface area contributed by atoms with Gasteiger partial charge in [0.25, 0.3) is 0 Å². The van der Waals surface area contributed by atoms with Gasteiger partial charge in [-0.15, -0.1) is 0 Å². The number of hydrogen-bond acceptors (Lipinski definition) is 4. The molecule has 1 N–H and O–H groups in total. The topological polar surface area (TPSA) is 58.9 Å². The van der Waals surface area contributed by atoms with Crippen LogP contribution in [0.1, 0.15) is 0 Å². The van der Waals surface area contributed by atoms with Crippen molar-refractivity contribution in [1.82, 2.24) is 15.0 Å². The third-order valence-corrected chi connectivity index (χ3v) is 5.28. The molecule has 0 saturated carbocycles. The number of hydrogen-bond donors (Lipinski definition) is 1. The van der Waals surface area contributed by atoms with E-state index in [9.17, 15) is 5.11 Å². The van der Waals surface area contributed by atoms with Gasteiger partial charge in [0, 0.05) is 35.3 Å². The third-order valence-electron chi connectivity index (χ3n) is 5.28. The molecular weight excluding hydrogens is 647 g/mol. The molecule has 5 heteroatoms. The maximum atomic E-state index is 9.25. The van der Waals surface area contributed by atoms with Crippen LogP contribution in [0.3, 0.4) is 0 Å². The molecule has 0 amide bonds. The van der Waals surface area contributed by atoms with Gasteiger partial charge in [-0.3, -0.25) is 15.0 Å². The van der Waals surface area contributed by atoms with E-state index in [4.69, 9.17) is 0 Å². The molecular formula is C33H27IrN3O+3. The van der Waals surface area contributed by atoms with Gasteiger partial charge in [-0.05, 0) is 48.5 Å². The summed E-state index contributed by atoms with van der Waals surface area (Å²) in [7, 11) is 0. The second-order valence-electron chi connectivity index (χ2n) is 7.93. The number of rotatable bonds is 3. The van der Waals surface area contributed by atoms with Crippen molar-refractivity contribution in [2.24, 2.45) is 0 Å². The third kappa shape index (κ3) is 8.90. The van der Waals surface area contributed by atoms with Crippen molar-refractivity contribution in [1.29, 1.82) is 0 Å². The quantitative estimate of drug-likeness (QED) is 0.207. The minimum Gasteiger partial charge on any atom is -0.508 e. The molecule has 3 aromatic heterocycles. The predicted octanol–water partition coefficient (Wildman–Crippen LogP) is 7.95. The van der Waals surface area contributed by atoms with Gasteiger partial charge >= 0.3 is 20.1 Å². The summed E-state index contributed by atoms with van der Waals surface area (Å²) in [5.74, 6) is 0.267. The van der Waals surface area contributed by atoms with Crippen LogP contribution in [-0.4, -0.2) is 20.1 Å². The van der Waals surface area contributed by atoms with Gasteiger partial charge in [0.05, 0.1) is 17.1 Å². The maximum absolute atomic E-state index is 9.25. The molecule has 0 saturated heterocycles. The summed E-state index contributed by atoms with van der Waals surface area (Å²) in [4.78, 5) is 12.7. The molecule has 0 unspecified atom stereocenters. The van der Waals surface area contributed by atoms with Crippen molar-refractivity contribution in [3.63, 3.8) is 0 Å². The molecule has 0 atom stereocenters. The van der Waals surface area contributed by atoms with E-state index in [1.807, 2.05) is 109 Å². The first kappa shape index (κ1) is 28.1. The van der Waals surface area contributed by atoms with E-state index < -0.39 is 0 Å². The molecule has 0 fully saturated rings. The minimum atomic E-state index is 0. The first-order valence-corrected chi connectivity index (χ1v) is 11.9. The van der Waals surface area contributed by atoms with E-state index in [0.717, 1.165) is 33.8 Å². The Hall–Kier alpha value is -4.44. The molecule has 0 aliphatic carbocycles. The molecule has 0 spiro atoms. The van der Waals surface area contributed by atoms with Gasteiger partial charge in [-0.2, -0.15) is 0 Å². The first-order valence-electron chi connectivity index (χ1n) is 11.9. The fourth-order valence-electron chi connectivity index (χ4n) is 3.48. The second kappa shape index (κ2) is 15.6. The molecule has 6 rings (SSSR count). The number of phenolic OH excluding ortho intramolecular Hbond substituents is 1. The van der Waals surface area contributed by atoms with Crippen LogP contribution in [0.2, 0.25) is 0 Å². The number of benzene rings is 3. The second-order valence-corrected chi connectivity index (χ2v) is 7.93. The molecule has 186 valence electrons. The van der Waals surface area contributed by atoms with Crippen LogP contribution in [0, 0.1) is 0 Å². The van der Waals surface area contributed by atoms with Crippen molar-refractivity contribution in [2.45, 2.75) is 0 Å². The van der Waals surface area contributed by atoms with Crippen molar-refractivity contribution in [3.8, 4) is 39.5 Å². The Morgan fingerprint density at radius 1 is 0.368 bits per heavy atom. The van der Waals surface area contributed by atoms with Crippen molar-refractivity contribution < 1.29 is 25.2 Å². The van der Waals surface area contributed by atoms with Crippen LogP contribution in [0.5, 0.6) is 5.75 Å². The van der Waals surface area contributed by atoms with Crippen molar-refractivity contribution in [2.75, 3.05) is 0 Å². The summed E-state index contributed by atoms with van der Waals surface area (Å²) in [6.07, 6.45) is 5.35. The minimum absolute atomic E-state index is 0. The van der Waals surface area contributed by atoms with Gasteiger partial charge in [0.15, 0.2) is 0 Å². The average Bonchev–Trinajstić information content (AvgIpc) is 3.00. The van der Waals surface area contributed by atoms with Gasteiger partial charge in [-0.25, -0.2) is 0 Å². The van der Waals surface area contributed by atoms with Crippen LogP contribution in [0.4, 0.5) is 0 Å². The standard InChI is InChI=1S/C11H9NO.2C11H9N.Ir/c13-10-5-3-4-9(8-10)11-6-1-2-7-12-11;2*1-2-6-10(7-3-1)11-8-4-5-9-12-11;/h1-8,13H;2*1-9H;/q;;;+3. The SMILES string of the molecule is Oc1cccc(-c2ccccn2)c1.[Ir+3].c1ccc(-c2ccccn2)cc1.c1ccc(-c2ccccn2)cc1. The zero-order chi connectivity index (χ0) is 25.5. The first-order chi connectivity index (χ1) is 18.3. The van der Waals surface area contributed by atoms with Gasteiger partial charge < -0.3 is 5.11 Å². The molecule has 3 aromatic carbocycles. The van der Waals surface area contributed by atoms with Crippen LogP contribution < -0.4 is 0 Å². The Kier molecular flexibility index (Phi) is 11.6. The molecule has 0 bridgehead atoms. The molecule has 6 aromatic rings. The van der Waals surface area contributed by atoms with Crippen molar-refractivity contribution in [3.05, 3.63) is 158 Å². The number of nitrogens with zero attached hydrogens (tertiary/aromatic N) is 3. The van der Waals surface area contributed by atoms with E-state index in [1.165, 1.54) is 0 Å². The van der Waals surface area contributed by atoms with Crippen LogP contribution in [-0.2, 0) is 20.1 Å². The number of pyridine rings is 3. The summed E-state index contributed by atoms with van der Waals surface area (Å²) in [5, 5.41) is 9.25. The maximum Gasteiger partial charge on any atom is 3.00 e. The fourth-order valence-corrected chi connectivity index (χ4v) is 3.48. The summed E-state index contributed by atoms with van der Waals surface area (Å²) < 4.78 is 0. The van der Waals surface area contributed by atoms with E-state index >= 15 is 0 Å². The van der Waals surface area contributed by atoms with E-state index in [2.05, 4.69) is 39.2 Å². The molecule has 3 heterocycles. The molecule has 0 radical (unpaired) electrons. The average molecular weight is 674 g/mol. The van der Waals surface area contributed by atoms with Gasteiger partial charge in [0.1, 0.15) is 5.75 Å². The van der Waals surface area contributed by atoms with Crippen LogP contribution >= 0.6 is 0 Å². The van der Waals surface area contributed by atoms with Crippen LogP contribution in [0.15, 0.2) is 158 Å². The molecule has 4 nitrogen and oxygen atoms in total. The van der Waals surface area contributed by atoms with Gasteiger partial charge in [-0.1, -0.05) is 91.0 Å². The summed E-state index contributed by atoms with van der Waals surface area (Å²) in [6, 6.07) is 44.9. The number of aromatic nitrogens is 3. The largest absolute Gasteiger partial charge is 3.00 e. The predicted molar refractivity (Wildman–Crippen MR) is 151 cm³/mol. The Balaban J connectivity index is 0.000000156.